The molecule has 0 fully saturated rings. The van der Waals surface area contributed by atoms with Crippen molar-refractivity contribution in [1.82, 2.24) is 14.9 Å². The standard InChI is InChI=1S/C17H16FN3OS2/c1-2-21(9-12-4-3-5-13(18)8-12)15(22)10-24-17-16-14(6-7-23-16)19-11-20-17/h3-8,11H,2,9-10H2,1H3. The van der Waals surface area contributed by atoms with E-state index in [4.69, 9.17) is 0 Å². The molecule has 4 nitrogen and oxygen atoms in total. The van der Waals surface area contributed by atoms with Crippen molar-refractivity contribution in [3.05, 3.63) is 53.4 Å². The average Bonchev–Trinajstić information content (AvgIpc) is 3.07. The molecule has 0 radical (unpaired) electrons. The zero-order valence-corrected chi connectivity index (χ0v) is 14.7. The fourth-order valence-electron chi connectivity index (χ4n) is 2.32. The number of benzene rings is 1. The Morgan fingerprint density at radius 2 is 2.21 bits per heavy atom. The highest BCUT2D eigenvalue weighted by atomic mass is 32.2. The highest BCUT2D eigenvalue weighted by molar-refractivity contribution is 8.00. The summed E-state index contributed by atoms with van der Waals surface area (Å²) in [4.78, 5) is 22.7. The number of thiophene rings is 1. The lowest BCUT2D eigenvalue weighted by Crippen LogP contribution is -2.31. The molecule has 7 heteroatoms. The quantitative estimate of drug-likeness (QED) is 0.492. The Kier molecular flexibility index (Phi) is 5.42. The molecule has 0 aliphatic rings. The Labute approximate surface area is 147 Å². The van der Waals surface area contributed by atoms with Crippen LogP contribution in [-0.4, -0.2) is 33.1 Å². The lowest BCUT2D eigenvalue weighted by molar-refractivity contribution is -0.128. The minimum atomic E-state index is -0.286. The number of amides is 1. The molecule has 0 spiro atoms. The first-order valence-corrected chi connectivity index (χ1v) is 9.37. The minimum Gasteiger partial charge on any atom is -0.338 e. The van der Waals surface area contributed by atoms with E-state index in [1.807, 2.05) is 24.4 Å². The lowest BCUT2D eigenvalue weighted by Gasteiger charge is -2.20. The predicted octanol–water partition coefficient (Wildman–Crippen LogP) is 3.97. The first-order chi connectivity index (χ1) is 11.7. The van der Waals surface area contributed by atoms with Crippen molar-refractivity contribution < 1.29 is 9.18 Å². The summed E-state index contributed by atoms with van der Waals surface area (Å²) in [6, 6.07) is 8.29. The zero-order chi connectivity index (χ0) is 16.9. The van der Waals surface area contributed by atoms with Gasteiger partial charge in [-0.3, -0.25) is 4.79 Å². The molecule has 0 bridgehead atoms. The van der Waals surface area contributed by atoms with Gasteiger partial charge in [0.15, 0.2) is 0 Å². The highest BCUT2D eigenvalue weighted by Gasteiger charge is 2.15. The van der Waals surface area contributed by atoms with Crippen LogP contribution in [0.15, 0.2) is 47.1 Å². The Morgan fingerprint density at radius 1 is 1.33 bits per heavy atom. The number of halogens is 1. The molecule has 0 N–H and O–H groups in total. The summed E-state index contributed by atoms with van der Waals surface area (Å²) in [5.74, 6) is 0.0224. The van der Waals surface area contributed by atoms with Gasteiger partial charge in [0.1, 0.15) is 17.2 Å². The lowest BCUT2D eigenvalue weighted by atomic mass is 10.2. The number of carbonyl (C=O) groups excluding carboxylic acids is 1. The monoisotopic (exact) mass is 361 g/mol. The van der Waals surface area contributed by atoms with Crippen molar-refractivity contribution in [1.29, 1.82) is 0 Å². The van der Waals surface area contributed by atoms with Crippen LogP contribution >= 0.6 is 23.1 Å². The molecule has 2 aromatic heterocycles. The fourth-order valence-corrected chi connectivity index (χ4v) is 4.17. The smallest absolute Gasteiger partial charge is 0.233 e. The molecule has 2 heterocycles. The maximum Gasteiger partial charge on any atom is 0.233 e. The van der Waals surface area contributed by atoms with Crippen molar-refractivity contribution in [2.24, 2.45) is 0 Å². The van der Waals surface area contributed by atoms with Crippen LogP contribution in [0.3, 0.4) is 0 Å². The van der Waals surface area contributed by atoms with Gasteiger partial charge < -0.3 is 4.90 Å². The number of thioether (sulfide) groups is 1. The van der Waals surface area contributed by atoms with Crippen molar-refractivity contribution >= 4 is 39.2 Å². The average molecular weight is 361 g/mol. The van der Waals surface area contributed by atoms with E-state index in [2.05, 4.69) is 9.97 Å². The van der Waals surface area contributed by atoms with Gasteiger partial charge in [0, 0.05) is 13.1 Å². The topological polar surface area (TPSA) is 46.1 Å². The van der Waals surface area contributed by atoms with Crippen LogP contribution in [0.1, 0.15) is 12.5 Å². The second-order valence-electron chi connectivity index (χ2n) is 5.14. The second-order valence-corrected chi connectivity index (χ2v) is 7.02. The molecule has 3 aromatic rings. The summed E-state index contributed by atoms with van der Waals surface area (Å²) in [5.41, 5.74) is 1.69. The van der Waals surface area contributed by atoms with E-state index in [1.54, 1.807) is 22.3 Å². The van der Waals surface area contributed by atoms with E-state index in [9.17, 15) is 9.18 Å². The molecule has 124 valence electrons. The Morgan fingerprint density at radius 3 is 3.00 bits per heavy atom. The third-order valence-electron chi connectivity index (χ3n) is 3.54. The number of nitrogens with zero attached hydrogens (tertiary/aromatic N) is 3. The molecule has 1 aromatic carbocycles. The van der Waals surface area contributed by atoms with Crippen molar-refractivity contribution in [3.63, 3.8) is 0 Å². The number of aromatic nitrogens is 2. The minimum absolute atomic E-state index is 0.00933. The summed E-state index contributed by atoms with van der Waals surface area (Å²) >= 11 is 2.99. The maximum atomic E-state index is 13.3. The van der Waals surface area contributed by atoms with Gasteiger partial charge >= 0.3 is 0 Å². The van der Waals surface area contributed by atoms with Gasteiger partial charge in [-0.1, -0.05) is 23.9 Å². The van der Waals surface area contributed by atoms with Crippen LogP contribution in [0.25, 0.3) is 10.2 Å². The molecule has 3 rings (SSSR count). The molecule has 24 heavy (non-hydrogen) atoms. The van der Waals surface area contributed by atoms with E-state index in [0.717, 1.165) is 20.8 Å². The van der Waals surface area contributed by atoms with Gasteiger partial charge in [-0.2, -0.15) is 0 Å². The van der Waals surface area contributed by atoms with E-state index in [1.165, 1.54) is 30.2 Å². The van der Waals surface area contributed by atoms with Gasteiger partial charge in [0.05, 0.1) is 16.0 Å². The van der Waals surface area contributed by atoms with Crippen LogP contribution in [0.4, 0.5) is 4.39 Å². The first-order valence-electron chi connectivity index (χ1n) is 7.50. The second kappa shape index (κ2) is 7.72. The van der Waals surface area contributed by atoms with E-state index < -0.39 is 0 Å². The normalized spacial score (nSPS) is 10.9. The first kappa shape index (κ1) is 16.9. The van der Waals surface area contributed by atoms with Crippen molar-refractivity contribution in [2.75, 3.05) is 12.3 Å². The zero-order valence-electron chi connectivity index (χ0n) is 13.1. The fraction of sp³-hybridized carbons (Fsp3) is 0.235. The SMILES string of the molecule is CCN(Cc1cccc(F)c1)C(=O)CSc1ncnc2ccsc12. The molecule has 0 atom stereocenters. The molecule has 0 unspecified atom stereocenters. The third-order valence-corrected chi connectivity index (χ3v) is 5.55. The van der Waals surface area contributed by atoms with Gasteiger partial charge in [-0.15, -0.1) is 11.3 Å². The van der Waals surface area contributed by atoms with Gasteiger partial charge in [0.2, 0.25) is 5.91 Å². The van der Waals surface area contributed by atoms with Crippen LogP contribution in [0.2, 0.25) is 0 Å². The number of hydrogen-bond donors (Lipinski definition) is 0. The summed E-state index contributed by atoms with van der Waals surface area (Å²) < 4.78 is 14.3. The largest absolute Gasteiger partial charge is 0.338 e. The van der Waals surface area contributed by atoms with Gasteiger partial charge in [-0.25, -0.2) is 14.4 Å². The number of fused-ring (bicyclic) bond motifs is 1. The van der Waals surface area contributed by atoms with Gasteiger partial charge in [0.25, 0.3) is 0 Å². The van der Waals surface area contributed by atoms with Crippen molar-refractivity contribution in [2.45, 2.75) is 18.5 Å². The Hall–Kier alpha value is -1.99. The third kappa shape index (κ3) is 3.91. The number of rotatable bonds is 6. The van der Waals surface area contributed by atoms with Crippen LogP contribution < -0.4 is 0 Å². The van der Waals surface area contributed by atoms with E-state index in [0.29, 0.717) is 18.8 Å². The highest BCUT2D eigenvalue weighted by Crippen LogP contribution is 2.28. The maximum absolute atomic E-state index is 13.3. The summed E-state index contributed by atoms with van der Waals surface area (Å²) in [7, 11) is 0. The van der Waals surface area contributed by atoms with E-state index in [-0.39, 0.29) is 11.7 Å². The summed E-state index contributed by atoms with van der Waals surface area (Å²) in [6.07, 6.45) is 1.52. The molecule has 0 saturated heterocycles. The van der Waals surface area contributed by atoms with E-state index >= 15 is 0 Å². The Balaban J connectivity index is 1.65. The molecule has 0 aliphatic carbocycles. The van der Waals surface area contributed by atoms with Crippen LogP contribution in [0, 0.1) is 5.82 Å². The molecular weight excluding hydrogens is 345 g/mol. The van der Waals surface area contributed by atoms with Gasteiger partial charge in [-0.05, 0) is 36.1 Å². The molecule has 0 aliphatic heterocycles. The summed E-state index contributed by atoms with van der Waals surface area (Å²) in [5, 5.41) is 2.79. The number of hydrogen-bond acceptors (Lipinski definition) is 5. The molecule has 0 saturated carbocycles. The number of carbonyl (C=O) groups is 1. The molecule has 1 amide bonds. The Bertz CT molecular complexity index is 852. The predicted molar refractivity (Wildman–Crippen MR) is 95.6 cm³/mol. The van der Waals surface area contributed by atoms with Crippen LogP contribution in [0.5, 0.6) is 0 Å². The summed E-state index contributed by atoms with van der Waals surface area (Å²) in [6.45, 7) is 2.91. The molecular formula is C17H16FN3OS2. The van der Waals surface area contributed by atoms with Crippen LogP contribution in [-0.2, 0) is 11.3 Å². The van der Waals surface area contributed by atoms with Crippen molar-refractivity contribution in [3.8, 4) is 0 Å².